The summed E-state index contributed by atoms with van der Waals surface area (Å²) in [6.45, 7) is 8.82. The van der Waals surface area contributed by atoms with Crippen LogP contribution in [0.3, 0.4) is 0 Å². The Bertz CT molecular complexity index is 773. The highest BCUT2D eigenvalue weighted by Gasteiger charge is 2.23. The monoisotopic (exact) mass is 550 g/mol. The summed E-state index contributed by atoms with van der Waals surface area (Å²) in [5.74, 6) is 2.34. The van der Waals surface area contributed by atoms with E-state index in [0.717, 1.165) is 28.9 Å². The van der Waals surface area contributed by atoms with E-state index in [1.54, 1.807) is 7.05 Å². The molecular weight excluding hydrogens is 511 g/mol. The van der Waals surface area contributed by atoms with Gasteiger partial charge in [0.05, 0.1) is 5.75 Å². The first-order valence-electron chi connectivity index (χ1n) is 10.7. The first-order chi connectivity index (χ1) is 13.7. The van der Waals surface area contributed by atoms with Crippen molar-refractivity contribution in [3.05, 3.63) is 35.4 Å². The summed E-state index contributed by atoms with van der Waals surface area (Å²) in [7, 11) is -1.58. The van der Waals surface area contributed by atoms with Gasteiger partial charge in [-0.25, -0.2) is 13.1 Å². The van der Waals surface area contributed by atoms with Gasteiger partial charge in [0.2, 0.25) is 10.0 Å². The molecule has 1 aliphatic rings. The number of halogens is 1. The Morgan fingerprint density at radius 2 is 1.67 bits per heavy atom. The van der Waals surface area contributed by atoms with Crippen molar-refractivity contribution in [2.24, 2.45) is 16.8 Å². The van der Waals surface area contributed by atoms with Crippen LogP contribution in [0.15, 0.2) is 29.3 Å². The molecule has 1 aromatic carbocycles. The lowest BCUT2D eigenvalue weighted by molar-refractivity contribution is 0.250. The highest BCUT2D eigenvalue weighted by molar-refractivity contribution is 14.0. The molecule has 0 atom stereocenters. The maximum atomic E-state index is 12.3. The lowest BCUT2D eigenvalue weighted by atomic mass is 9.80. The number of nitrogens with one attached hydrogen (secondary N) is 3. The summed E-state index contributed by atoms with van der Waals surface area (Å²) in [5, 5.41) is 6.90. The highest BCUT2D eigenvalue weighted by Crippen LogP contribution is 2.29. The van der Waals surface area contributed by atoms with Gasteiger partial charge < -0.3 is 10.6 Å². The van der Waals surface area contributed by atoms with Crippen molar-refractivity contribution in [3.8, 4) is 0 Å². The number of hydrogen-bond donors (Lipinski definition) is 3. The Kier molecular flexibility index (Phi) is 11.6. The molecule has 0 unspecified atom stereocenters. The second-order valence-electron chi connectivity index (χ2n) is 8.73. The standard InChI is InChI=1S/C22H38N4O2S.HI/c1-16(2)18-10-12-21(13-11-18)25-22(23-5)24-14-19-8-6-7-9-20(19)15-29(27,28)26-17(3)4;/h6-9,16-18,21,26H,10-15H2,1-5H3,(H2,23,24,25);1H. The van der Waals surface area contributed by atoms with Crippen molar-refractivity contribution in [2.75, 3.05) is 7.05 Å². The van der Waals surface area contributed by atoms with Gasteiger partial charge in [0.1, 0.15) is 0 Å². The van der Waals surface area contributed by atoms with Crippen molar-refractivity contribution in [3.63, 3.8) is 0 Å². The molecule has 1 fully saturated rings. The summed E-state index contributed by atoms with van der Waals surface area (Å²) in [5.41, 5.74) is 1.77. The van der Waals surface area contributed by atoms with Crippen molar-refractivity contribution in [1.29, 1.82) is 0 Å². The fourth-order valence-electron chi connectivity index (χ4n) is 3.97. The molecule has 0 bridgehead atoms. The summed E-state index contributed by atoms with van der Waals surface area (Å²) < 4.78 is 27.3. The van der Waals surface area contributed by atoms with Crippen LogP contribution in [0.2, 0.25) is 0 Å². The van der Waals surface area contributed by atoms with Crippen LogP contribution in [0, 0.1) is 11.8 Å². The normalized spacial score (nSPS) is 20.2. The minimum Gasteiger partial charge on any atom is -0.354 e. The summed E-state index contributed by atoms with van der Waals surface area (Å²) >= 11 is 0. The number of rotatable bonds is 8. The third kappa shape index (κ3) is 9.09. The molecule has 3 N–H and O–H groups in total. The van der Waals surface area contributed by atoms with E-state index in [-0.39, 0.29) is 35.8 Å². The van der Waals surface area contributed by atoms with Gasteiger partial charge in [0.25, 0.3) is 0 Å². The van der Waals surface area contributed by atoms with Crippen LogP contribution in [0.5, 0.6) is 0 Å². The second-order valence-corrected chi connectivity index (χ2v) is 10.5. The van der Waals surface area contributed by atoms with Gasteiger partial charge in [-0.1, -0.05) is 38.1 Å². The molecule has 8 heteroatoms. The predicted molar refractivity (Wildman–Crippen MR) is 137 cm³/mol. The van der Waals surface area contributed by atoms with E-state index in [1.807, 2.05) is 38.1 Å². The Hall–Kier alpha value is -0.870. The molecule has 1 aromatic rings. The molecular formula is C22H39IN4O2S. The molecule has 0 aliphatic heterocycles. The number of sulfonamides is 1. The quantitative estimate of drug-likeness (QED) is 0.260. The van der Waals surface area contributed by atoms with E-state index < -0.39 is 10.0 Å². The van der Waals surface area contributed by atoms with Crippen LogP contribution in [-0.2, 0) is 22.3 Å². The van der Waals surface area contributed by atoms with E-state index in [1.165, 1.54) is 25.7 Å². The van der Waals surface area contributed by atoms with Crippen molar-refractivity contribution >= 4 is 40.0 Å². The minimum absolute atomic E-state index is 0. The molecule has 0 heterocycles. The van der Waals surface area contributed by atoms with Crippen LogP contribution in [-0.4, -0.2) is 33.5 Å². The molecule has 2 rings (SSSR count). The van der Waals surface area contributed by atoms with Gasteiger partial charge in [-0.05, 0) is 62.5 Å². The molecule has 172 valence electrons. The lowest BCUT2D eigenvalue weighted by Crippen LogP contribution is -2.44. The fraction of sp³-hybridized carbons (Fsp3) is 0.682. The van der Waals surface area contributed by atoms with Gasteiger partial charge in [-0.3, -0.25) is 4.99 Å². The zero-order chi connectivity index (χ0) is 21.4. The van der Waals surface area contributed by atoms with Crippen molar-refractivity contribution in [1.82, 2.24) is 15.4 Å². The Balaban J connectivity index is 0.00000450. The Morgan fingerprint density at radius 1 is 1.07 bits per heavy atom. The van der Waals surface area contributed by atoms with E-state index in [2.05, 4.69) is 34.2 Å². The number of hydrogen-bond acceptors (Lipinski definition) is 3. The predicted octanol–water partition coefficient (Wildman–Crippen LogP) is 4.01. The van der Waals surface area contributed by atoms with E-state index in [9.17, 15) is 8.42 Å². The molecule has 0 spiro atoms. The molecule has 6 nitrogen and oxygen atoms in total. The second kappa shape index (κ2) is 12.9. The summed E-state index contributed by atoms with van der Waals surface area (Å²) in [6.07, 6.45) is 4.85. The first-order valence-corrected chi connectivity index (χ1v) is 12.4. The molecule has 0 saturated heterocycles. The molecule has 30 heavy (non-hydrogen) atoms. The van der Waals surface area contributed by atoms with E-state index in [4.69, 9.17) is 0 Å². The van der Waals surface area contributed by atoms with Crippen molar-refractivity contribution < 1.29 is 8.42 Å². The lowest BCUT2D eigenvalue weighted by Gasteiger charge is -2.32. The number of guanidine groups is 1. The average Bonchev–Trinajstić information content (AvgIpc) is 2.65. The summed E-state index contributed by atoms with van der Waals surface area (Å²) in [4.78, 5) is 4.36. The van der Waals surface area contributed by atoms with Gasteiger partial charge in [0.15, 0.2) is 5.96 Å². The Labute approximate surface area is 200 Å². The average molecular weight is 551 g/mol. The van der Waals surface area contributed by atoms with Gasteiger partial charge >= 0.3 is 0 Å². The third-order valence-electron chi connectivity index (χ3n) is 5.60. The van der Waals surface area contributed by atoms with E-state index in [0.29, 0.717) is 12.6 Å². The first kappa shape index (κ1) is 27.2. The summed E-state index contributed by atoms with van der Waals surface area (Å²) in [6, 6.07) is 7.99. The highest BCUT2D eigenvalue weighted by atomic mass is 127. The Morgan fingerprint density at radius 3 is 2.20 bits per heavy atom. The topological polar surface area (TPSA) is 82.6 Å². The van der Waals surface area contributed by atoms with Gasteiger partial charge in [-0.2, -0.15) is 0 Å². The SMILES string of the molecule is CN=C(NCc1ccccc1CS(=O)(=O)NC(C)C)NC1CCC(C(C)C)CC1.I. The largest absolute Gasteiger partial charge is 0.354 e. The number of benzene rings is 1. The van der Waals surface area contributed by atoms with Crippen LogP contribution in [0.1, 0.15) is 64.5 Å². The van der Waals surface area contributed by atoms with Crippen LogP contribution in [0.25, 0.3) is 0 Å². The molecule has 0 radical (unpaired) electrons. The zero-order valence-electron chi connectivity index (χ0n) is 18.9. The maximum absolute atomic E-state index is 12.3. The number of nitrogens with zero attached hydrogens (tertiary/aromatic N) is 1. The fourth-order valence-corrected chi connectivity index (χ4v) is 5.47. The van der Waals surface area contributed by atoms with Crippen molar-refractivity contribution in [2.45, 2.75) is 77.8 Å². The third-order valence-corrected chi connectivity index (χ3v) is 7.13. The zero-order valence-corrected chi connectivity index (χ0v) is 22.1. The molecule has 1 saturated carbocycles. The van der Waals surface area contributed by atoms with Crippen LogP contribution in [0.4, 0.5) is 0 Å². The molecule has 0 aromatic heterocycles. The maximum Gasteiger partial charge on any atom is 0.216 e. The molecule has 0 amide bonds. The van der Waals surface area contributed by atoms with Gasteiger partial charge in [-0.15, -0.1) is 24.0 Å². The van der Waals surface area contributed by atoms with E-state index >= 15 is 0 Å². The smallest absolute Gasteiger partial charge is 0.216 e. The number of aliphatic imine (C=N–C) groups is 1. The van der Waals surface area contributed by atoms with Gasteiger partial charge in [0, 0.05) is 25.7 Å². The minimum atomic E-state index is -3.36. The van der Waals surface area contributed by atoms with Crippen LogP contribution < -0.4 is 15.4 Å². The van der Waals surface area contributed by atoms with Crippen LogP contribution >= 0.6 is 24.0 Å². The molecule has 1 aliphatic carbocycles.